The number of allylic oxidation sites excluding steroid dienone is 4. The molecule has 4 nitrogen and oxygen atoms in total. The van der Waals surface area contributed by atoms with E-state index in [-0.39, 0.29) is 17.1 Å². The summed E-state index contributed by atoms with van der Waals surface area (Å²) in [5.41, 5.74) is 5.21. The first kappa shape index (κ1) is 33.8. The molecule has 1 amide bonds. The van der Waals surface area contributed by atoms with E-state index in [2.05, 4.69) is 58.7 Å². The number of nitrogens with zero attached hydrogens (tertiary/aromatic N) is 1. The number of nitrogens with one attached hydrogen (secondary N) is 1. The van der Waals surface area contributed by atoms with Gasteiger partial charge in [-0.05, 0) is 110 Å². The predicted molar refractivity (Wildman–Crippen MR) is 188 cm³/mol. The fraction of sp³-hybridized carbons (Fsp3) is 0.513. The first-order chi connectivity index (χ1) is 21.0. The lowest BCUT2D eigenvalue weighted by atomic mass is 9.70. The second-order valence-electron chi connectivity index (χ2n) is 13.9. The van der Waals surface area contributed by atoms with Gasteiger partial charge in [0.25, 0.3) is 5.91 Å². The van der Waals surface area contributed by atoms with Crippen LogP contribution in [0, 0.1) is 17.8 Å². The Morgan fingerprint density at radius 1 is 1.05 bits per heavy atom. The largest absolute Gasteiger partial charge is 0.341 e. The van der Waals surface area contributed by atoms with Crippen molar-refractivity contribution in [2.75, 3.05) is 0 Å². The monoisotopic (exact) mass is 612 g/mol. The van der Waals surface area contributed by atoms with Crippen LogP contribution >= 0.6 is 11.3 Å². The highest BCUT2D eigenvalue weighted by Crippen LogP contribution is 2.41. The predicted octanol–water partition coefficient (Wildman–Crippen LogP) is 9.91. The third-order valence-corrected chi connectivity index (χ3v) is 11.2. The molecule has 1 fully saturated rings. The third-order valence-electron chi connectivity index (χ3n) is 9.72. The van der Waals surface area contributed by atoms with Gasteiger partial charge in [0.05, 0.1) is 16.6 Å². The Balaban J connectivity index is 1.31. The number of thiophene rings is 1. The molecule has 1 N–H and O–H groups in total. The lowest BCUT2D eigenvalue weighted by Gasteiger charge is -2.35. The van der Waals surface area contributed by atoms with Crippen molar-refractivity contribution in [3.63, 3.8) is 0 Å². The maximum Gasteiger partial charge on any atom is 0.261 e. The van der Waals surface area contributed by atoms with Gasteiger partial charge in [-0.1, -0.05) is 90.0 Å². The summed E-state index contributed by atoms with van der Waals surface area (Å²) in [7, 11) is 0. The Morgan fingerprint density at radius 2 is 1.75 bits per heavy atom. The minimum absolute atomic E-state index is 0.0168. The number of hydrogen-bond donors (Lipinski definition) is 1. The maximum atomic E-state index is 12.9. The molecule has 0 spiro atoms. The van der Waals surface area contributed by atoms with Crippen LogP contribution in [-0.2, 0) is 16.6 Å². The highest BCUT2D eigenvalue weighted by molar-refractivity contribution is 7.14. The van der Waals surface area contributed by atoms with Crippen LogP contribution in [0.1, 0.15) is 119 Å². The molecule has 1 heterocycles. The van der Waals surface area contributed by atoms with E-state index in [4.69, 9.17) is 4.99 Å². The second kappa shape index (κ2) is 15.3. The van der Waals surface area contributed by atoms with Crippen LogP contribution in [-0.4, -0.2) is 23.9 Å². The van der Waals surface area contributed by atoms with Crippen LogP contribution in [0.15, 0.2) is 71.3 Å². The third kappa shape index (κ3) is 9.00. The van der Waals surface area contributed by atoms with Gasteiger partial charge in [-0.25, -0.2) is 0 Å². The van der Waals surface area contributed by atoms with Gasteiger partial charge in [0.15, 0.2) is 5.78 Å². The summed E-state index contributed by atoms with van der Waals surface area (Å²) < 4.78 is 0. The number of Topliss-reactive ketones (excluding diaryl/α,β-unsaturated/α-hetero) is 1. The zero-order chi connectivity index (χ0) is 31.9. The molecule has 2 atom stereocenters. The van der Waals surface area contributed by atoms with E-state index in [9.17, 15) is 9.59 Å². The van der Waals surface area contributed by atoms with Crippen molar-refractivity contribution in [2.45, 2.75) is 111 Å². The van der Waals surface area contributed by atoms with Gasteiger partial charge in [0, 0.05) is 11.1 Å². The molecule has 1 aromatic carbocycles. The number of aliphatic imine (C=N–C) groups is 1. The normalized spacial score (nSPS) is 22.0. The van der Waals surface area contributed by atoms with Crippen LogP contribution in [0.2, 0.25) is 0 Å². The van der Waals surface area contributed by atoms with Gasteiger partial charge < -0.3 is 5.32 Å². The maximum absolute atomic E-state index is 12.9. The number of carbonyl (C=O) groups excluding carboxylic acids is 2. The number of rotatable bonds is 11. The summed E-state index contributed by atoms with van der Waals surface area (Å²) in [6, 6.07) is 11.2. The van der Waals surface area contributed by atoms with E-state index in [1.54, 1.807) is 0 Å². The van der Waals surface area contributed by atoms with Gasteiger partial charge >= 0.3 is 0 Å². The van der Waals surface area contributed by atoms with E-state index in [1.165, 1.54) is 74.4 Å². The van der Waals surface area contributed by atoms with E-state index in [1.807, 2.05) is 42.6 Å². The van der Waals surface area contributed by atoms with Crippen molar-refractivity contribution in [3.8, 4) is 0 Å². The SMILES string of the molecule is C=C(/N=C\C(=C/C)C1=CCC(C2CCC(CC)CC2)CC1)c1ccc(C[C@H](NC(=O)c2ccc(C(C)(C)C)s2)C(C)=O)cc1. The van der Waals surface area contributed by atoms with E-state index in [0.717, 1.165) is 40.2 Å². The average molecular weight is 613 g/mol. The van der Waals surface area contributed by atoms with E-state index in [0.29, 0.717) is 17.0 Å². The van der Waals surface area contributed by atoms with Crippen LogP contribution in [0.4, 0.5) is 0 Å². The zero-order valence-corrected chi connectivity index (χ0v) is 28.6. The summed E-state index contributed by atoms with van der Waals surface area (Å²) in [6.07, 6.45) is 17.7. The number of hydrogen-bond acceptors (Lipinski definition) is 4. The number of benzene rings is 1. The van der Waals surface area contributed by atoms with Gasteiger partial charge in [0.1, 0.15) is 0 Å². The van der Waals surface area contributed by atoms with Crippen molar-refractivity contribution in [1.82, 2.24) is 5.32 Å². The molecule has 0 aliphatic heterocycles. The Hall–Kier alpha value is -3.05. The smallest absolute Gasteiger partial charge is 0.261 e. The molecule has 2 aromatic rings. The topological polar surface area (TPSA) is 58.5 Å². The van der Waals surface area contributed by atoms with Gasteiger partial charge in [0.2, 0.25) is 0 Å². The lowest BCUT2D eigenvalue weighted by Crippen LogP contribution is -2.41. The Kier molecular flexibility index (Phi) is 11.8. The Morgan fingerprint density at radius 3 is 2.30 bits per heavy atom. The average Bonchev–Trinajstić information content (AvgIpc) is 3.53. The van der Waals surface area contributed by atoms with E-state index >= 15 is 0 Å². The molecule has 236 valence electrons. The summed E-state index contributed by atoms with van der Waals surface area (Å²) in [6.45, 7) is 16.6. The highest BCUT2D eigenvalue weighted by atomic mass is 32.1. The minimum Gasteiger partial charge on any atom is -0.341 e. The van der Waals surface area contributed by atoms with Crippen molar-refractivity contribution < 1.29 is 9.59 Å². The van der Waals surface area contributed by atoms with Crippen molar-refractivity contribution in [2.24, 2.45) is 22.7 Å². The van der Waals surface area contributed by atoms with Crippen molar-refractivity contribution in [1.29, 1.82) is 0 Å². The Labute approximate surface area is 269 Å². The molecule has 4 rings (SSSR count). The lowest BCUT2D eigenvalue weighted by molar-refractivity contribution is -0.118. The van der Waals surface area contributed by atoms with Crippen molar-refractivity contribution >= 4 is 34.9 Å². The molecular weight excluding hydrogens is 561 g/mol. The van der Waals surface area contributed by atoms with Crippen LogP contribution in [0.5, 0.6) is 0 Å². The summed E-state index contributed by atoms with van der Waals surface area (Å²) in [5.74, 6) is 2.45. The summed E-state index contributed by atoms with van der Waals surface area (Å²) in [5, 5.41) is 2.95. The minimum atomic E-state index is -0.582. The molecule has 1 unspecified atom stereocenters. The molecule has 1 saturated carbocycles. The Bertz CT molecular complexity index is 1390. The first-order valence-corrected chi connectivity index (χ1v) is 17.4. The number of ketones is 1. The van der Waals surface area contributed by atoms with E-state index < -0.39 is 6.04 Å². The quantitative estimate of drug-likeness (QED) is 0.257. The molecule has 0 saturated heterocycles. The molecule has 2 aliphatic rings. The summed E-state index contributed by atoms with van der Waals surface area (Å²) in [4.78, 5) is 31.9. The standard InChI is InChI=1S/C39H52N2O2S/c1-8-28-10-16-33(17-11-28)34-20-18-32(19-21-34)30(9-2)25-40-26(3)31-14-12-29(13-15-31)24-35(27(4)42)41-38(43)36-22-23-37(44-36)39(5,6)7/h9,12-15,18,22-23,25,28,33-35H,3,8,10-11,16-17,19-21,24H2,1-2,4-7H3,(H,41,43)/b30-9+,40-25-/t28?,33?,34?,35-/m0/s1. The number of carbonyl (C=O) groups is 2. The molecule has 0 radical (unpaired) electrons. The second-order valence-corrected chi connectivity index (χ2v) is 14.9. The molecule has 5 heteroatoms. The molecule has 44 heavy (non-hydrogen) atoms. The summed E-state index contributed by atoms with van der Waals surface area (Å²) >= 11 is 1.48. The van der Waals surface area contributed by atoms with Crippen LogP contribution < -0.4 is 5.32 Å². The highest BCUT2D eigenvalue weighted by Gasteiger charge is 2.28. The van der Waals surface area contributed by atoms with Gasteiger partial charge in [-0.15, -0.1) is 11.3 Å². The molecule has 0 bridgehead atoms. The molecular formula is C39H52N2O2S. The zero-order valence-electron chi connectivity index (χ0n) is 27.7. The fourth-order valence-corrected chi connectivity index (χ4v) is 7.60. The first-order valence-electron chi connectivity index (χ1n) is 16.6. The molecule has 2 aliphatic carbocycles. The number of amides is 1. The fourth-order valence-electron chi connectivity index (χ4n) is 6.64. The van der Waals surface area contributed by atoms with Crippen LogP contribution in [0.25, 0.3) is 5.70 Å². The van der Waals surface area contributed by atoms with Gasteiger partial charge in [-0.3, -0.25) is 14.6 Å². The van der Waals surface area contributed by atoms with Crippen LogP contribution in [0.3, 0.4) is 0 Å². The van der Waals surface area contributed by atoms with Gasteiger partial charge in [-0.2, -0.15) is 0 Å². The van der Waals surface area contributed by atoms with Crippen molar-refractivity contribution in [3.05, 3.63) is 87.2 Å². The molecule has 1 aromatic heterocycles.